The predicted molar refractivity (Wildman–Crippen MR) is 84.8 cm³/mol. The van der Waals surface area contributed by atoms with Crippen LogP contribution in [0.1, 0.15) is 25.3 Å². The molecule has 23 heavy (non-hydrogen) atoms. The largest absolute Gasteiger partial charge is 0.480 e. The fourth-order valence-electron chi connectivity index (χ4n) is 2.19. The molecule has 6 nitrogen and oxygen atoms in total. The van der Waals surface area contributed by atoms with Crippen molar-refractivity contribution >= 4 is 11.9 Å². The van der Waals surface area contributed by atoms with Crippen LogP contribution in [0.2, 0.25) is 0 Å². The molecule has 1 aromatic heterocycles. The molecule has 0 unspecified atom stereocenters. The van der Waals surface area contributed by atoms with Gasteiger partial charge in [0.05, 0.1) is 12.1 Å². The Morgan fingerprint density at radius 1 is 1.26 bits per heavy atom. The maximum atomic E-state index is 12.1. The molecule has 0 aliphatic rings. The number of hydrogen-bond acceptors (Lipinski definition) is 4. The second kappa shape index (κ2) is 7.09. The van der Waals surface area contributed by atoms with Crippen LogP contribution in [0.5, 0.6) is 0 Å². The lowest BCUT2D eigenvalue weighted by molar-refractivity contribution is -0.143. The molecule has 0 saturated carbocycles. The van der Waals surface area contributed by atoms with Gasteiger partial charge < -0.3 is 14.8 Å². The normalized spacial score (nSPS) is 12.2. The molecule has 0 saturated heterocycles. The first-order valence-corrected chi connectivity index (χ1v) is 7.42. The molecule has 0 spiro atoms. The number of rotatable bonds is 6. The Hall–Kier alpha value is -2.63. The zero-order chi connectivity index (χ0) is 17.0. The third-order valence-corrected chi connectivity index (χ3v) is 3.49. The van der Waals surface area contributed by atoms with E-state index in [2.05, 4.69) is 10.3 Å². The number of carbonyl (C=O) groups excluding carboxylic acids is 1. The zero-order valence-corrected chi connectivity index (χ0v) is 13.4. The molecular formula is C17H20N2O4. The smallest absolute Gasteiger partial charge is 0.326 e. The molecule has 0 radical (unpaired) electrons. The molecule has 0 aliphatic carbocycles. The molecule has 2 rings (SSSR count). The summed E-state index contributed by atoms with van der Waals surface area (Å²) >= 11 is 0. The number of aliphatic carboxylic acids is 1. The number of carboxylic acids is 1. The summed E-state index contributed by atoms with van der Waals surface area (Å²) in [5.41, 5.74) is 1.34. The monoisotopic (exact) mass is 316 g/mol. The minimum atomic E-state index is -1.05. The number of carbonyl (C=O) groups is 2. The summed E-state index contributed by atoms with van der Waals surface area (Å²) in [7, 11) is 0. The topological polar surface area (TPSA) is 92.4 Å². The average molecular weight is 316 g/mol. The Kier molecular flexibility index (Phi) is 5.16. The predicted octanol–water partition coefficient (Wildman–Crippen LogP) is 2.42. The van der Waals surface area contributed by atoms with Gasteiger partial charge in [0, 0.05) is 5.56 Å². The van der Waals surface area contributed by atoms with Gasteiger partial charge in [-0.2, -0.15) is 0 Å². The highest BCUT2D eigenvalue weighted by molar-refractivity contribution is 5.85. The second-order valence-electron chi connectivity index (χ2n) is 5.69. The third kappa shape index (κ3) is 4.18. The number of nitrogens with one attached hydrogen (secondary N) is 1. The standard InChI is InChI=1S/C17H20N2O4/c1-10(2)15(17(21)22)19-14(20)9-13-11(3)23-16(18-13)12-7-5-4-6-8-12/h4-8,10,15H,9H2,1-3H3,(H,19,20)(H,21,22)/t15-/m1/s1. The van der Waals surface area contributed by atoms with E-state index in [4.69, 9.17) is 9.52 Å². The van der Waals surface area contributed by atoms with E-state index in [1.807, 2.05) is 30.3 Å². The minimum Gasteiger partial charge on any atom is -0.480 e. The SMILES string of the molecule is Cc1oc(-c2ccccc2)nc1CC(=O)N[C@@H](C(=O)O)C(C)C. The van der Waals surface area contributed by atoms with Gasteiger partial charge in [-0.3, -0.25) is 4.79 Å². The van der Waals surface area contributed by atoms with E-state index in [1.54, 1.807) is 20.8 Å². The summed E-state index contributed by atoms with van der Waals surface area (Å²) in [4.78, 5) is 27.6. The van der Waals surface area contributed by atoms with Crippen LogP contribution >= 0.6 is 0 Å². The number of aromatic nitrogens is 1. The van der Waals surface area contributed by atoms with E-state index in [1.165, 1.54) is 0 Å². The number of aryl methyl sites for hydroxylation is 1. The summed E-state index contributed by atoms with van der Waals surface area (Å²) < 4.78 is 5.59. The summed E-state index contributed by atoms with van der Waals surface area (Å²) in [5, 5.41) is 11.6. The van der Waals surface area contributed by atoms with Crippen LogP contribution in [0.3, 0.4) is 0 Å². The van der Waals surface area contributed by atoms with Gasteiger partial charge in [-0.15, -0.1) is 0 Å². The minimum absolute atomic E-state index is 0.0152. The molecule has 0 bridgehead atoms. The van der Waals surface area contributed by atoms with E-state index in [-0.39, 0.29) is 18.2 Å². The number of amides is 1. The van der Waals surface area contributed by atoms with Crippen molar-refractivity contribution in [3.63, 3.8) is 0 Å². The Morgan fingerprint density at radius 3 is 2.48 bits per heavy atom. The van der Waals surface area contributed by atoms with Gasteiger partial charge in [0.2, 0.25) is 11.8 Å². The van der Waals surface area contributed by atoms with Gasteiger partial charge >= 0.3 is 5.97 Å². The van der Waals surface area contributed by atoms with E-state index in [0.29, 0.717) is 17.3 Å². The molecular weight excluding hydrogens is 296 g/mol. The van der Waals surface area contributed by atoms with Crippen LogP contribution in [0.25, 0.3) is 11.5 Å². The second-order valence-corrected chi connectivity index (χ2v) is 5.69. The zero-order valence-electron chi connectivity index (χ0n) is 13.4. The molecule has 0 aliphatic heterocycles. The highest BCUT2D eigenvalue weighted by Gasteiger charge is 2.24. The molecule has 122 valence electrons. The molecule has 6 heteroatoms. The van der Waals surface area contributed by atoms with Crippen molar-refractivity contribution in [1.82, 2.24) is 10.3 Å². The summed E-state index contributed by atoms with van der Waals surface area (Å²) in [6, 6.07) is 8.47. The van der Waals surface area contributed by atoms with E-state index in [0.717, 1.165) is 5.56 Å². The van der Waals surface area contributed by atoms with Crippen molar-refractivity contribution in [3.8, 4) is 11.5 Å². The van der Waals surface area contributed by atoms with Crippen LogP contribution in [0.4, 0.5) is 0 Å². The lowest BCUT2D eigenvalue weighted by Gasteiger charge is -2.17. The quantitative estimate of drug-likeness (QED) is 0.854. The molecule has 1 atom stereocenters. The molecule has 1 heterocycles. The van der Waals surface area contributed by atoms with Crippen LogP contribution in [-0.4, -0.2) is 28.0 Å². The fourth-order valence-corrected chi connectivity index (χ4v) is 2.19. The molecule has 2 N–H and O–H groups in total. The van der Waals surface area contributed by atoms with Gasteiger partial charge in [0.25, 0.3) is 0 Å². The number of benzene rings is 1. The van der Waals surface area contributed by atoms with Crippen molar-refractivity contribution < 1.29 is 19.1 Å². The Balaban J connectivity index is 2.10. The average Bonchev–Trinajstić information content (AvgIpc) is 2.86. The van der Waals surface area contributed by atoms with E-state index >= 15 is 0 Å². The van der Waals surface area contributed by atoms with Gasteiger partial charge in [0.1, 0.15) is 11.8 Å². The summed E-state index contributed by atoms with van der Waals surface area (Å²) in [6.45, 7) is 5.22. The van der Waals surface area contributed by atoms with E-state index < -0.39 is 12.0 Å². The highest BCUT2D eigenvalue weighted by atomic mass is 16.4. The highest BCUT2D eigenvalue weighted by Crippen LogP contribution is 2.21. The number of hydrogen-bond donors (Lipinski definition) is 2. The number of nitrogens with zero attached hydrogens (tertiary/aromatic N) is 1. The summed E-state index contributed by atoms with van der Waals surface area (Å²) in [6.07, 6.45) is -0.0152. The molecule has 1 aromatic carbocycles. The first-order valence-electron chi connectivity index (χ1n) is 7.42. The maximum absolute atomic E-state index is 12.1. The van der Waals surface area contributed by atoms with Crippen molar-refractivity contribution in [3.05, 3.63) is 41.8 Å². The fraction of sp³-hybridized carbons (Fsp3) is 0.353. The van der Waals surface area contributed by atoms with Crippen LogP contribution < -0.4 is 5.32 Å². The van der Waals surface area contributed by atoms with Crippen molar-refractivity contribution in [1.29, 1.82) is 0 Å². The van der Waals surface area contributed by atoms with Crippen molar-refractivity contribution in [2.24, 2.45) is 5.92 Å². The maximum Gasteiger partial charge on any atom is 0.326 e. The van der Waals surface area contributed by atoms with Gasteiger partial charge in [0.15, 0.2) is 0 Å². The Labute approximate surface area is 134 Å². The number of carboxylic acid groups (broad SMARTS) is 1. The van der Waals surface area contributed by atoms with Gasteiger partial charge in [-0.1, -0.05) is 32.0 Å². The van der Waals surface area contributed by atoms with Crippen molar-refractivity contribution in [2.75, 3.05) is 0 Å². The van der Waals surface area contributed by atoms with Gasteiger partial charge in [-0.05, 0) is 25.0 Å². The van der Waals surface area contributed by atoms with Crippen LogP contribution in [0, 0.1) is 12.8 Å². The molecule has 1 amide bonds. The first-order chi connectivity index (χ1) is 10.9. The van der Waals surface area contributed by atoms with Crippen LogP contribution in [-0.2, 0) is 16.0 Å². The van der Waals surface area contributed by atoms with Crippen LogP contribution in [0.15, 0.2) is 34.7 Å². The summed E-state index contributed by atoms with van der Waals surface area (Å²) in [5.74, 6) is -0.632. The lowest BCUT2D eigenvalue weighted by atomic mass is 10.0. The Bertz CT molecular complexity index is 692. The van der Waals surface area contributed by atoms with Gasteiger partial charge in [-0.25, -0.2) is 9.78 Å². The molecule has 2 aromatic rings. The molecule has 0 fully saturated rings. The van der Waals surface area contributed by atoms with E-state index in [9.17, 15) is 9.59 Å². The lowest BCUT2D eigenvalue weighted by Crippen LogP contribution is -2.45. The number of oxazole rings is 1. The van der Waals surface area contributed by atoms with Crippen molar-refractivity contribution in [2.45, 2.75) is 33.2 Å². The Morgan fingerprint density at radius 2 is 1.91 bits per heavy atom. The first kappa shape index (κ1) is 16.7. The third-order valence-electron chi connectivity index (χ3n) is 3.49.